The van der Waals surface area contributed by atoms with Crippen LogP contribution in [0.15, 0.2) is 18.3 Å². The standard InChI is InChI=1S/C10H9ClN2O3/c11-8-7(2-1-3-12-8)9(14)13-4-6(5-13)10(15)16/h1-3,6H,4-5H2,(H,15,16). The molecule has 1 saturated heterocycles. The van der Waals surface area contributed by atoms with Crippen LogP contribution in [0.1, 0.15) is 10.4 Å². The smallest absolute Gasteiger partial charge is 0.310 e. The molecule has 0 saturated carbocycles. The summed E-state index contributed by atoms with van der Waals surface area (Å²) in [5.74, 6) is -1.60. The van der Waals surface area contributed by atoms with E-state index in [9.17, 15) is 9.59 Å². The zero-order valence-electron chi connectivity index (χ0n) is 8.26. The summed E-state index contributed by atoms with van der Waals surface area (Å²) in [5.41, 5.74) is 0.313. The number of pyridine rings is 1. The minimum atomic E-state index is -0.874. The first kappa shape index (κ1) is 10.9. The van der Waals surface area contributed by atoms with Crippen LogP contribution in [0.25, 0.3) is 0 Å². The molecule has 2 heterocycles. The quantitative estimate of drug-likeness (QED) is 0.780. The van der Waals surface area contributed by atoms with E-state index in [0.29, 0.717) is 5.56 Å². The van der Waals surface area contributed by atoms with Gasteiger partial charge in [0.15, 0.2) is 0 Å². The molecular formula is C10H9ClN2O3. The lowest BCUT2D eigenvalue weighted by atomic mass is 9.99. The zero-order chi connectivity index (χ0) is 11.7. The lowest BCUT2D eigenvalue weighted by Crippen LogP contribution is -2.53. The van der Waals surface area contributed by atoms with Crippen LogP contribution in [0, 0.1) is 5.92 Å². The summed E-state index contributed by atoms with van der Waals surface area (Å²) < 4.78 is 0. The number of amides is 1. The van der Waals surface area contributed by atoms with Crippen LogP contribution in [0.5, 0.6) is 0 Å². The summed E-state index contributed by atoms with van der Waals surface area (Å²) in [4.78, 5) is 27.6. The molecule has 1 amide bonds. The van der Waals surface area contributed by atoms with Gasteiger partial charge in [0.1, 0.15) is 5.15 Å². The Morgan fingerprint density at radius 3 is 2.75 bits per heavy atom. The number of rotatable bonds is 2. The van der Waals surface area contributed by atoms with Crippen LogP contribution in [0.2, 0.25) is 5.15 Å². The van der Waals surface area contributed by atoms with Crippen molar-refractivity contribution >= 4 is 23.5 Å². The molecule has 1 aromatic heterocycles. The number of carbonyl (C=O) groups excluding carboxylic acids is 1. The van der Waals surface area contributed by atoms with E-state index in [0.717, 1.165) is 0 Å². The highest BCUT2D eigenvalue weighted by molar-refractivity contribution is 6.32. The third kappa shape index (κ3) is 1.86. The molecule has 2 rings (SSSR count). The number of likely N-dealkylation sites (tertiary alicyclic amines) is 1. The molecule has 0 radical (unpaired) electrons. The van der Waals surface area contributed by atoms with Gasteiger partial charge < -0.3 is 10.0 Å². The molecule has 1 fully saturated rings. The molecule has 5 nitrogen and oxygen atoms in total. The number of halogens is 1. The molecule has 0 aromatic carbocycles. The lowest BCUT2D eigenvalue weighted by Gasteiger charge is -2.36. The van der Waals surface area contributed by atoms with Gasteiger partial charge in [0, 0.05) is 19.3 Å². The van der Waals surface area contributed by atoms with E-state index in [-0.39, 0.29) is 24.1 Å². The second-order valence-corrected chi connectivity index (χ2v) is 3.95. The highest BCUT2D eigenvalue weighted by Gasteiger charge is 2.36. The van der Waals surface area contributed by atoms with E-state index < -0.39 is 11.9 Å². The van der Waals surface area contributed by atoms with Crippen molar-refractivity contribution in [2.24, 2.45) is 5.92 Å². The fourth-order valence-electron chi connectivity index (χ4n) is 1.52. The topological polar surface area (TPSA) is 70.5 Å². The van der Waals surface area contributed by atoms with Crippen molar-refractivity contribution in [1.82, 2.24) is 9.88 Å². The van der Waals surface area contributed by atoms with Gasteiger partial charge >= 0.3 is 5.97 Å². The van der Waals surface area contributed by atoms with Gasteiger partial charge in [-0.1, -0.05) is 11.6 Å². The molecular weight excluding hydrogens is 232 g/mol. The van der Waals surface area contributed by atoms with Gasteiger partial charge in [-0.15, -0.1) is 0 Å². The number of carboxylic acids is 1. The predicted octanol–water partition coefficient (Wildman–Crippen LogP) is 0.892. The summed E-state index contributed by atoms with van der Waals surface area (Å²) in [7, 11) is 0. The number of aromatic nitrogens is 1. The Kier molecular flexibility index (Phi) is 2.78. The molecule has 0 unspecified atom stereocenters. The average molecular weight is 241 g/mol. The Morgan fingerprint density at radius 2 is 2.19 bits per heavy atom. The van der Waals surface area contributed by atoms with Crippen molar-refractivity contribution in [3.8, 4) is 0 Å². The first-order valence-electron chi connectivity index (χ1n) is 4.72. The van der Waals surface area contributed by atoms with Crippen molar-refractivity contribution in [3.05, 3.63) is 29.0 Å². The van der Waals surface area contributed by atoms with E-state index >= 15 is 0 Å². The Hall–Kier alpha value is -1.62. The Morgan fingerprint density at radius 1 is 1.50 bits per heavy atom. The van der Waals surface area contributed by atoms with Gasteiger partial charge in [-0.05, 0) is 12.1 Å². The molecule has 1 aromatic rings. The largest absolute Gasteiger partial charge is 0.481 e. The Balaban J connectivity index is 2.06. The second-order valence-electron chi connectivity index (χ2n) is 3.59. The third-order valence-electron chi connectivity index (χ3n) is 2.51. The predicted molar refractivity (Wildman–Crippen MR) is 56.3 cm³/mol. The number of aliphatic carboxylic acids is 1. The monoisotopic (exact) mass is 240 g/mol. The minimum absolute atomic E-state index is 0.145. The maximum Gasteiger partial charge on any atom is 0.310 e. The van der Waals surface area contributed by atoms with Crippen LogP contribution in [-0.2, 0) is 4.79 Å². The summed E-state index contributed by atoms with van der Waals surface area (Å²) in [6.07, 6.45) is 1.50. The maximum atomic E-state index is 11.8. The summed E-state index contributed by atoms with van der Waals surface area (Å²) in [6.45, 7) is 0.471. The number of hydrogen-bond donors (Lipinski definition) is 1. The summed E-state index contributed by atoms with van der Waals surface area (Å²) >= 11 is 5.77. The third-order valence-corrected chi connectivity index (χ3v) is 2.81. The van der Waals surface area contributed by atoms with Crippen LogP contribution >= 0.6 is 11.6 Å². The van der Waals surface area contributed by atoms with Crippen molar-refractivity contribution in [2.45, 2.75) is 0 Å². The van der Waals surface area contributed by atoms with Gasteiger partial charge in [0.2, 0.25) is 0 Å². The van der Waals surface area contributed by atoms with E-state index in [4.69, 9.17) is 16.7 Å². The van der Waals surface area contributed by atoms with Crippen molar-refractivity contribution < 1.29 is 14.7 Å². The lowest BCUT2D eigenvalue weighted by molar-refractivity contribution is -0.146. The van der Waals surface area contributed by atoms with Crippen molar-refractivity contribution in [1.29, 1.82) is 0 Å². The van der Waals surface area contributed by atoms with E-state index in [1.54, 1.807) is 12.1 Å². The maximum absolute atomic E-state index is 11.8. The molecule has 0 atom stereocenters. The van der Waals surface area contributed by atoms with Gasteiger partial charge in [-0.25, -0.2) is 4.98 Å². The fourth-order valence-corrected chi connectivity index (χ4v) is 1.72. The molecule has 6 heteroatoms. The summed E-state index contributed by atoms with van der Waals surface area (Å²) in [6, 6.07) is 3.19. The number of nitrogens with zero attached hydrogens (tertiary/aromatic N) is 2. The van der Waals surface area contributed by atoms with Crippen LogP contribution < -0.4 is 0 Å². The van der Waals surface area contributed by atoms with Crippen LogP contribution in [0.3, 0.4) is 0 Å². The molecule has 16 heavy (non-hydrogen) atoms. The Labute approximate surface area is 96.7 Å². The van der Waals surface area contributed by atoms with Crippen molar-refractivity contribution in [2.75, 3.05) is 13.1 Å². The van der Waals surface area contributed by atoms with Gasteiger partial charge in [-0.3, -0.25) is 9.59 Å². The van der Waals surface area contributed by atoms with E-state index in [1.807, 2.05) is 0 Å². The van der Waals surface area contributed by atoms with Crippen molar-refractivity contribution in [3.63, 3.8) is 0 Å². The number of carbonyl (C=O) groups is 2. The van der Waals surface area contributed by atoms with Gasteiger partial charge in [-0.2, -0.15) is 0 Å². The molecule has 0 aliphatic carbocycles. The molecule has 0 bridgehead atoms. The van der Waals surface area contributed by atoms with E-state index in [2.05, 4.69) is 4.98 Å². The highest BCUT2D eigenvalue weighted by atomic mass is 35.5. The molecule has 84 valence electrons. The second kappa shape index (κ2) is 4.09. The normalized spacial score (nSPS) is 15.7. The number of carboxylic acid groups (broad SMARTS) is 1. The van der Waals surface area contributed by atoms with Crippen LogP contribution in [-0.4, -0.2) is 40.0 Å². The zero-order valence-corrected chi connectivity index (χ0v) is 9.02. The molecule has 1 N–H and O–H groups in total. The van der Waals surface area contributed by atoms with Crippen LogP contribution in [0.4, 0.5) is 0 Å². The first-order valence-corrected chi connectivity index (χ1v) is 5.10. The van der Waals surface area contributed by atoms with Gasteiger partial charge in [0.05, 0.1) is 11.5 Å². The SMILES string of the molecule is O=C(O)C1CN(C(=O)c2cccnc2Cl)C1. The minimum Gasteiger partial charge on any atom is -0.481 e. The number of hydrogen-bond acceptors (Lipinski definition) is 3. The Bertz CT molecular complexity index is 443. The molecule has 1 aliphatic rings. The first-order chi connectivity index (χ1) is 7.59. The van der Waals surface area contributed by atoms with E-state index in [1.165, 1.54) is 11.1 Å². The fraction of sp³-hybridized carbons (Fsp3) is 0.300. The highest BCUT2D eigenvalue weighted by Crippen LogP contribution is 2.21. The average Bonchev–Trinajstić information content (AvgIpc) is 2.15. The van der Waals surface area contributed by atoms with Gasteiger partial charge in [0.25, 0.3) is 5.91 Å². The molecule has 1 aliphatic heterocycles. The summed E-state index contributed by atoms with van der Waals surface area (Å²) in [5, 5.41) is 8.83. The molecule has 0 spiro atoms.